The van der Waals surface area contributed by atoms with E-state index >= 15 is 0 Å². The predicted octanol–water partition coefficient (Wildman–Crippen LogP) is 5.73. The molecule has 33 heavy (non-hydrogen) atoms. The molecule has 0 aromatic heterocycles. The third-order valence-electron chi connectivity index (χ3n) is 5.71. The zero-order valence-electron chi connectivity index (χ0n) is 17.9. The van der Waals surface area contributed by atoms with Crippen molar-refractivity contribution in [1.29, 1.82) is 0 Å². The molecule has 1 heterocycles. The molecular weight excluding hydrogens is 452 g/mol. The van der Waals surface area contributed by atoms with Gasteiger partial charge in [-0.1, -0.05) is 66.7 Å². The standard InChI is InChI=1S/C26H22N2O3S2/c1-18-8-2-5-14-23(18)28-25(29)17-32-26(28)20-11-6-12-21(16-20)27-33(30,31)24-15-7-10-19-9-3-4-13-22(19)24/h2-16,26-27H,17H2,1H3. The van der Waals surface area contributed by atoms with E-state index in [4.69, 9.17) is 0 Å². The number of rotatable bonds is 5. The van der Waals surface area contributed by atoms with Crippen molar-refractivity contribution in [3.8, 4) is 0 Å². The average molecular weight is 475 g/mol. The number of fused-ring (bicyclic) bond motifs is 1. The Morgan fingerprint density at radius 1 is 0.909 bits per heavy atom. The van der Waals surface area contributed by atoms with Crippen molar-refractivity contribution in [1.82, 2.24) is 0 Å². The highest BCUT2D eigenvalue weighted by Gasteiger charge is 2.35. The molecular formula is C26H22N2O3S2. The molecule has 1 amide bonds. The van der Waals surface area contributed by atoms with E-state index in [-0.39, 0.29) is 16.2 Å². The van der Waals surface area contributed by atoms with Gasteiger partial charge in [0.2, 0.25) is 5.91 Å². The second-order valence-corrected chi connectivity index (χ2v) is 10.6. The van der Waals surface area contributed by atoms with Gasteiger partial charge in [-0.25, -0.2) is 8.42 Å². The van der Waals surface area contributed by atoms with Crippen LogP contribution in [0.5, 0.6) is 0 Å². The topological polar surface area (TPSA) is 66.5 Å². The maximum Gasteiger partial charge on any atom is 0.262 e. The zero-order valence-corrected chi connectivity index (χ0v) is 19.6. The lowest BCUT2D eigenvalue weighted by atomic mass is 10.1. The number of amides is 1. The molecule has 0 spiro atoms. The molecule has 0 aliphatic carbocycles. The Kier molecular flexibility index (Phi) is 5.60. The number of anilines is 2. The summed E-state index contributed by atoms with van der Waals surface area (Å²) in [5.41, 5.74) is 3.22. The number of carbonyl (C=O) groups is 1. The Bertz CT molecular complexity index is 1460. The normalized spacial score (nSPS) is 16.3. The zero-order chi connectivity index (χ0) is 23.0. The van der Waals surface area contributed by atoms with Gasteiger partial charge in [-0.2, -0.15) is 0 Å². The van der Waals surface area contributed by atoms with Gasteiger partial charge in [0.15, 0.2) is 0 Å². The maximum absolute atomic E-state index is 13.2. The van der Waals surface area contributed by atoms with Crippen LogP contribution >= 0.6 is 11.8 Å². The number of benzene rings is 4. The maximum atomic E-state index is 13.2. The quantitative estimate of drug-likeness (QED) is 0.401. The van der Waals surface area contributed by atoms with E-state index in [1.165, 1.54) is 11.8 Å². The van der Waals surface area contributed by atoms with Crippen LogP contribution in [0.4, 0.5) is 11.4 Å². The highest BCUT2D eigenvalue weighted by atomic mass is 32.2. The predicted molar refractivity (Wildman–Crippen MR) is 135 cm³/mol. The number of nitrogens with zero attached hydrogens (tertiary/aromatic N) is 1. The molecule has 1 saturated heterocycles. The highest BCUT2D eigenvalue weighted by Crippen LogP contribution is 2.43. The first-order chi connectivity index (χ1) is 15.9. The van der Waals surface area contributed by atoms with Gasteiger partial charge < -0.3 is 0 Å². The third-order valence-corrected chi connectivity index (χ3v) is 8.36. The Morgan fingerprint density at radius 2 is 1.64 bits per heavy atom. The van der Waals surface area contributed by atoms with Crippen LogP contribution in [0.25, 0.3) is 10.8 Å². The van der Waals surface area contributed by atoms with Crippen molar-refractivity contribution in [3.05, 3.63) is 102 Å². The lowest BCUT2D eigenvalue weighted by molar-refractivity contribution is -0.115. The number of para-hydroxylation sites is 1. The molecule has 4 aromatic rings. The number of carbonyl (C=O) groups excluding carboxylic acids is 1. The van der Waals surface area contributed by atoms with E-state index in [2.05, 4.69) is 4.72 Å². The number of nitrogens with one attached hydrogen (secondary N) is 1. The van der Waals surface area contributed by atoms with E-state index in [0.717, 1.165) is 22.2 Å². The lowest BCUT2D eigenvalue weighted by Crippen LogP contribution is -2.28. The van der Waals surface area contributed by atoms with Crippen LogP contribution in [-0.4, -0.2) is 20.1 Å². The van der Waals surface area contributed by atoms with E-state index in [9.17, 15) is 13.2 Å². The summed E-state index contributed by atoms with van der Waals surface area (Å²) in [5.74, 6) is 0.423. The minimum Gasteiger partial charge on any atom is -0.295 e. The summed E-state index contributed by atoms with van der Waals surface area (Å²) in [7, 11) is -3.80. The largest absolute Gasteiger partial charge is 0.295 e. The molecule has 5 rings (SSSR count). The van der Waals surface area contributed by atoms with Gasteiger partial charge in [0.1, 0.15) is 5.37 Å². The van der Waals surface area contributed by atoms with Crippen molar-refractivity contribution in [2.45, 2.75) is 17.2 Å². The van der Waals surface area contributed by atoms with Crippen LogP contribution in [0.2, 0.25) is 0 Å². The fourth-order valence-corrected chi connectivity index (χ4v) is 6.60. The van der Waals surface area contributed by atoms with Gasteiger partial charge in [-0.15, -0.1) is 11.8 Å². The van der Waals surface area contributed by atoms with Gasteiger partial charge in [0, 0.05) is 16.8 Å². The summed E-state index contributed by atoms with van der Waals surface area (Å²) in [6.45, 7) is 1.98. The van der Waals surface area contributed by atoms with Crippen molar-refractivity contribution in [3.63, 3.8) is 0 Å². The first-order valence-electron chi connectivity index (χ1n) is 10.5. The molecule has 1 aliphatic rings. The summed E-state index contributed by atoms with van der Waals surface area (Å²) in [4.78, 5) is 14.8. The second kappa shape index (κ2) is 8.57. The average Bonchev–Trinajstić information content (AvgIpc) is 3.20. The minimum atomic E-state index is -3.80. The van der Waals surface area contributed by atoms with Crippen molar-refractivity contribution in [2.24, 2.45) is 0 Å². The molecule has 1 aliphatic heterocycles. The molecule has 1 fully saturated rings. The number of hydrogen-bond acceptors (Lipinski definition) is 4. The third kappa shape index (κ3) is 4.10. The van der Waals surface area contributed by atoms with Crippen LogP contribution < -0.4 is 9.62 Å². The fraction of sp³-hybridized carbons (Fsp3) is 0.115. The molecule has 0 saturated carbocycles. The van der Waals surface area contributed by atoms with Crippen LogP contribution in [-0.2, 0) is 14.8 Å². The van der Waals surface area contributed by atoms with Crippen molar-refractivity contribution in [2.75, 3.05) is 15.4 Å². The second-order valence-electron chi connectivity index (χ2n) is 7.92. The smallest absolute Gasteiger partial charge is 0.262 e. The minimum absolute atomic E-state index is 0.0426. The van der Waals surface area contributed by atoms with E-state index in [1.54, 1.807) is 29.2 Å². The van der Waals surface area contributed by atoms with Crippen molar-refractivity contribution < 1.29 is 13.2 Å². The summed E-state index contributed by atoms with van der Waals surface area (Å²) in [6.07, 6.45) is 0. The van der Waals surface area contributed by atoms with E-state index in [0.29, 0.717) is 16.8 Å². The number of thioether (sulfide) groups is 1. The number of hydrogen-bond donors (Lipinski definition) is 1. The number of sulfonamides is 1. The fourth-order valence-electron chi connectivity index (χ4n) is 4.16. The Morgan fingerprint density at radius 3 is 2.48 bits per heavy atom. The molecule has 7 heteroatoms. The summed E-state index contributed by atoms with van der Waals surface area (Å²) in [6, 6.07) is 27.7. The van der Waals surface area contributed by atoms with E-state index in [1.807, 2.05) is 73.7 Å². The van der Waals surface area contributed by atoms with Gasteiger partial charge in [0.25, 0.3) is 10.0 Å². The molecule has 0 bridgehead atoms. The van der Waals surface area contributed by atoms with Crippen LogP contribution in [0.3, 0.4) is 0 Å². The van der Waals surface area contributed by atoms with Gasteiger partial charge in [-0.3, -0.25) is 14.4 Å². The van der Waals surface area contributed by atoms with Crippen molar-refractivity contribution >= 4 is 49.8 Å². The Balaban J connectivity index is 1.48. The van der Waals surface area contributed by atoms with Crippen LogP contribution in [0.1, 0.15) is 16.5 Å². The van der Waals surface area contributed by atoms with Crippen LogP contribution in [0.15, 0.2) is 95.9 Å². The van der Waals surface area contributed by atoms with Gasteiger partial charge in [-0.05, 0) is 47.7 Å². The molecule has 0 radical (unpaired) electrons. The molecule has 1 unspecified atom stereocenters. The Labute approximate surface area is 197 Å². The van der Waals surface area contributed by atoms with Gasteiger partial charge >= 0.3 is 0 Å². The molecule has 4 aromatic carbocycles. The molecule has 1 atom stereocenters. The number of aryl methyl sites for hydroxylation is 1. The highest BCUT2D eigenvalue weighted by molar-refractivity contribution is 8.00. The van der Waals surface area contributed by atoms with Gasteiger partial charge in [0.05, 0.1) is 10.6 Å². The van der Waals surface area contributed by atoms with E-state index < -0.39 is 10.0 Å². The first kappa shape index (κ1) is 21.6. The first-order valence-corrected chi connectivity index (χ1v) is 13.1. The molecule has 5 nitrogen and oxygen atoms in total. The lowest BCUT2D eigenvalue weighted by Gasteiger charge is -2.26. The molecule has 1 N–H and O–H groups in total. The monoisotopic (exact) mass is 474 g/mol. The summed E-state index contributed by atoms with van der Waals surface area (Å²) < 4.78 is 29.2. The van der Waals surface area contributed by atoms with Crippen LogP contribution in [0, 0.1) is 6.92 Å². The summed E-state index contributed by atoms with van der Waals surface area (Å²) in [5, 5.41) is 1.32. The Hall–Kier alpha value is -3.29. The molecule has 166 valence electrons. The summed E-state index contributed by atoms with van der Waals surface area (Å²) >= 11 is 1.54. The SMILES string of the molecule is Cc1ccccc1N1C(=O)CSC1c1cccc(NS(=O)(=O)c2cccc3ccccc23)c1.